The Morgan fingerprint density at radius 3 is 2.54 bits per heavy atom. The summed E-state index contributed by atoms with van der Waals surface area (Å²) in [6, 6.07) is 7.22. The molecule has 1 saturated heterocycles. The lowest BCUT2D eigenvalue weighted by Gasteiger charge is -2.35. The van der Waals surface area contributed by atoms with Crippen LogP contribution in [0.5, 0.6) is 5.88 Å². The van der Waals surface area contributed by atoms with Gasteiger partial charge in [-0.3, -0.25) is 4.79 Å². The van der Waals surface area contributed by atoms with Crippen molar-refractivity contribution in [3.8, 4) is 11.7 Å². The Balaban J connectivity index is 1.43. The first-order chi connectivity index (χ1) is 13.6. The van der Waals surface area contributed by atoms with Gasteiger partial charge in [0.25, 0.3) is 5.91 Å². The monoisotopic (exact) mass is 379 g/mol. The number of aromatic nitrogens is 5. The number of anilines is 1. The minimum atomic E-state index is -0.0178. The van der Waals surface area contributed by atoms with E-state index in [0.29, 0.717) is 37.6 Å². The second-order valence-corrected chi connectivity index (χ2v) is 6.50. The molecular formula is C19H21N7O2. The molecule has 0 spiro atoms. The molecule has 28 heavy (non-hydrogen) atoms. The van der Waals surface area contributed by atoms with Gasteiger partial charge in [0.05, 0.1) is 12.8 Å². The highest BCUT2D eigenvalue weighted by Gasteiger charge is 2.23. The van der Waals surface area contributed by atoms with Crippen molar-refractivity contribution in [2.24, 2.45) is 0 Å². The van der Waals surface area contributed by atoms with Crippen molar-refractivity contribution >= 4 is 11.7 Å². The van der Waals surface area contributed by atoms with E-state index in [0.717, 1.165) is 17.3 Å². The fourth-order valence-corrected chi connectivity index (χ4v) is 3.15. The van der Waals surface area contributed by atoms with Gasteiger partial charge in [0.2, 0.25) is 5.88 Å². The molecule has 9 heteroatoms. The average Bonchev–Trinajstić information content (AvgIpc) is 3.20. The standard InChI is InChI=1S/C19H21N7O2/c1-14-4-6-26(23-14)17-12-16(21-13-22-17)24-7-9-25(10-8-24)19(27)15-3-5-20-18(11-15)28-2/h3-6,11-13H,7-10H2,1-2H3. The van der Waals surface area contributed by atoms with Crippen LogP contribution in [0.25, 0.3) is 5.82 Å². The molecule has 3 aromatic heterocycles. The Labute approximate surface area is 162 Å². The molecule has 0 saturated carbocycles. The minimum Gasteiger partial charge on any atom is -0.481 e. The summed E-state index contributed by atoms with van der Waals surface area (Å²) in [5.74, 6) is 1.97. The molecule has 0 aliphatic carbocycles. The third kappa shape index (κ3) is 3.64. The molecule has 0 bridgehead atoms. The molecule has 0 aromatic carbocycles. The largest absolute Gasteiger partial charge is 0.481 e. The molecule has 1 fully saturated rings. The second kappa shape index (κ2) is 7.63. The molecule has 0 radical (unpaired) electrons. The predicted molar refractivity (Wildman–Crippen MR) is 103 cm³/mol. The first-order valence-electron chi connectivity index (χ1n) is 9.03. The normalized spacial score (nSPS) is 14.2. The Kier molecular flexibility index (Phi) is 4.88. The van der Waals surface area contributed by atoms with Gasteiger partial charge in [-0.25, -0.2) is 19.6 Å². The van der Waals surface area contributed by atoms with Crippen molar-refractivity contribution in [1.29, 1.82) is 0 Å². The number of ether oxygens (including phenoxy) is 1. The molecular weight excluding hydrogens is 358 g/mol. The van der Waals surface area contributed by atoms with Crippen LogP contribution in [0.2, 0.25) is 0 Å². The molecule has 1 aliphatic heterocycles. The third-order valence-electron chi connectivity index (χ3n) is 4.68. The van der Waals surface area contributed by atoms with Gasteiger partial charge in [0.1, 0.15) is 12.1 Å². The topological polar surface area (TPSA) is 89.3 Å². The van der Waals surface area contributed by atoms with Crippen molar-refractivity contribution in [3.05, 3.63) is 54.2 Å². The van der Waals surface area contributed by atoms with Crippen LogP contribution >= 0.6 is 0 Å². The molecule has 1 amide bonds. The SMILES string of the molecule is COc1cc(C(=O)N2CCN(c3cc(-n4ccc(C)n4)ncn3)CC2)ccn1. The maximum Gasteiger partial charge on any atom is 0.254 e. The van der Waals surface area contributed by atoms with Crippen LogP contribution in [-0.2, 0) is 0 Å². The molecule has 0 atom stereocenters. The zero-order valence-corrected chi connectivity index (χ0v) is 15.8. The number of hydrogen-bond donors (Lipinski definition) is 0. The van der Waals surface area contributed by atoms with E-state index >= 15 is 0 Å². The number of rotatable bonds is 4. The molecule has 3 aromatic rings. The fraction of sp³-hybridized carbons (Fsp3) is 0.316. The van der Waals surface area contributed by atoms with Crippen molar-refractivity contribution < 1.29 is 9.53 Å². The number of carbonyl (C=O) groups excluding carboxylic acids is 1. The van der Waals surface area contributed by atoms with Crippen molar-refractivity contribution in [2.45, 2.75) is 6.92 Å². The quantitative estimate of drug-likeness (QED) is 0.676. The zero-order chi connectivity index (χ0) is 19.5. The lowest BCUT2D eigenvalue weighted by molar-refractivity contribution is 0.0746. The highest BCUT2D eigenvalue weighted by atomic mass is 16.5. The summed E-state index contributed by atoms with van der Waals surface area (Å²) < 4.78 is 6.84. The zero-order valence-electron chi connectivity index (χ0n) is 15.8. The first-order valence-corrected chi connectivity index (χ1v) is 9.03. The summed E-state index contributed by atoms with van der Waals surface area (Å²) in [6.45, 7) is 4.56. The summed E-state index contributed by atoms with van der Waals surface area (Å²) in [7, 11) is 1.54. The number of piperazine rings is 1. The Hall–Kier alpha value is -3.49. The number of nitrogens with zero attached hydrogens (tertiary/aromatic N) is 7. The van der Waals surface area contributed by atoms with E-state index in [2.05, 4.69) is 25.0 Å². The van der Waals surface area contributed by atoms with Crippen LogP contribution in [0, 0.1) is 6.92 Å². The van der Waals surface area contributed by atoms with Gasteiger partial charge in [-0.15, -0.1) is 0 Å². The molecule has 0 unspecified atom stereocenters. The molecule has 1 aliphatic rings. The maximum atomic E-state index is 12.7. The number of aryl methyl sites for hydroxylation is 1. The molecule has 9 nitrogen and oxygen atoms in total. The molecule has 4 heterocycles. The third-order valence-corrected chi connectivity index (χ3v) is 4.68. The summed E-state index contributed by atoms with van der Waals surface area (Å²) in [6.07, 6.45) is 5.01. The first kappa shape index (κ1) is 17.9. The van der Waals surface area contributed by atoms with Gasteiger partial charge < -0.3 is 14.5 Å². The second-order valence-electron chi connectivity index (χ2n) is 6.50. The predicted octanol–water partition coefficient (Wildman–Crippen LogP) is 1.34. The van der Waals surface area contributed by atoms with Gasteiger partial charge in [-0.05, 0) is 19.1 Å². The van der Waals surface area contributed by atoms with Crippen LogP contribution in [0.4, 0.5) is 5.82 Å². The van der Waals surface area contributed by atoms with E-state index in [-0.39, 0.29) is 5.91 Å². The number of amides is 1. The Morgan fingerprint density at radius 1 is 1.04 bits per heavy atom. The number of carbonyl (C=O) groups is 1. The number of pyridine rings is 1. The number of hydrogen-bond acceptors (Lipinski definition) is 7. The van der Waals surface area contributed by atoms with E-state index in [1.54, 1.807) is 29.3 Å². The van der Waals surface area contributed by atoms with Gasteiger partial charge >= 0.3 is 0 Å². The van der Waals surface area contributed by atoms with Gasteiger partial charge in [0, 0.05) is 56.3 Å². The Morgan fingerprint density at radius 2 is 1.82 bits per heavy atom. The highest BCUT2D eigenvalue weighted by Crippen LogP contribution is 2.18. The smallest absolute Gasteiger partial charge is 0.254 e. The van der Waals surface area contributed by atoms with E-state index in [1.807, 2.05) is 30.2 Å². The summed E-state index contributed by atoms with van der Waals surface area (Å²) in [5, 5.41) is 4.39. The average molecular weight is 379 g/mol. The van der Waals surface area contributed by atoms with Crippen LogP contribution in [0.3, 0.4) is 0 Å². The van der Waals surface area contributed by atoms with Crippen molar-refractivity contribution in [3.63, 3.8) is 0 Å². The summed E-state index contributed by atoms with van der Waals surface area (Å²) in [4.78, 5) is 29.5. The van der Waals surface area contributed by atoms with Crippen LogP contribution in [0.15, 0.2) is 43.0 Å². The molecule has 144 valence electrons. The molecule has 0 N–H and O–H groups in total. The van der Waals surface area contributed by atoms with Crippen LogP contribution in [0.1, 0.15) is 16.1 Å². The number of methoxy groups -OCH3 is 1. The van der Waals surface area contributed by atoms with E-state index in [9.17, 15) is 4.79 Å². The maximum absolute atomic E-state index is 12.7. The Bertz CT molecular complexity index is 980. The van der Waals surface area contributed by atoms with Crippen LogP contribution in [-0.4, -0.2) is 68.8 Å². The van der Waals surface area contributed by atoms with Crippen molar-refractivity contribution in [1.82, 2.24) is 29.6 Å². The summed E-state index contributed by atoms with van der Waals surface area (Å²) >= 11 is 0. The van der Waals surface area contributed by atoms with Gasteiger partial charge in [-0.2, -0.15) is 5.10 Å². The van der Waals surface area contributed by atoms with E-state index in [4.69, 9.17) is 4.74 Å². The minimum absolute atomic E-state index is 0.0178. The summed E-state index contributed by atoms with van der Waals surface area (Å²) in [5.41, 5.74) is 1.51. The lowest BCUT2D eigenvalue weighted by atomic mass is 10.2. The van der Waals surface area contributed by atoms with Crippen LogP contribution < -0.4 is 9.64 Å². The highest BCUT2D eigenvalue weighted by molar-refractivity contribution is 5.94. The van der Waals surface area contributed by atoms with Crippen molar-refractivity contribution in [2.75, 3.05) is 38.2 Å². The van der Waals surface area contributed by atoms with E-state index in [1.165, 1.54) is 7.11 Å². The van der Waals surface area contributed by atoms with Gasteiger partial charge in [0.15, 0.2) is 5.82 Å². The lowest BCUT2D eigenvalue weighted by Crippen LogP contribution is -2.49. The molecule has 4 rings (SSSR count). The fourth-order valence-electron chi connectivity index (χ4n) is 3.15. The van der Waals surface area contributed by atoms with E-state index < -0.39 is 0 Å². The van der Waals surface area contributed by atoms with Gasteiger partial charge in [-0.1, -0.05) is 0 Å².